The largest absolute Gasteiger partial charge is 0.619 e. The third-order valence-electron chi connectivity index (χ3n) is 3.19. The van der Waals surface area contributed by atoms with Crippen molar-refractivity contribution in [1.82, 2.24) is 4.98 Å². The summed E-state index contributed by atoms with van der Waals surface area (Å²) in [7, 11) is 0. The number of aromatic nitrogens is 2. The van der Waals surface area contributed by atoms with Gasteiger partial charge in [-0.15, -0.1) is 0 Å². The minimum Gasteiger partial charge on any atom is -0.619 e. The van der Waals surface area contributed by atoms with E-state index in [1.54, 1.807) is 0 Å². The number of benzene rings is 2. The summed E-state index contributed by atoms with van der Waals surface area (Å²) in [6.45, 7) is 0. The molecule has 0 spiro atoms. The minimum absolute atomic E-state index is 0.573. The SMILES string of the molecule is [O-][n+]1ccnc(/C=C(/C#Cc2ccccc2)c2ccccc2)c1. The Balaban J connectivity index is 2.03. The van der Waals surface area contributed by atoms with E-state index in [-0.39, 0.29) is 0 Å². The maximum Gasteiger partial charge on any atom is 0.206 e. The summed E-state index contributed by atoms with van der Waals surface area (Å²) in [5, 5.41) is 11.4. The second-order valence-corrected chi connectivity index (χ2v) is 4.88. The van der Waals surface area contributed by atoms with E-state index in [2.05, 4.69) is 16.8 Å². The van der Waals surface area contributed by atoms with Crippen LogP contribution in [-0.4, -0.2) is 4.98 Å². The van der Waals surface area contributed by atoms with Crippen LogP contribution in [-0.2, 0) is 0 Å². The predicted octanol–water partition coefficient (Wildman–Crippen LogP) is 3.31. The molecule has 23 heavy (non-hydrogen) atoms. The molecule has 0 aliphatic rings. The molecular weight excluding hydrogens is 284 g/mol. The van der Waals surface area contributed by atoms with Crippen LogP contribution in [0.25, 0.3) is 11.6 Å². The van der Waals surface area contributed by atoms with Gasteiger partial charge in [0, 0.05) is 11.1 Å². The second kappa shape index (κ2) is 7.06. The van der Waals surface area contributed by atoms with Gasteiger partial charge in [-0.05, 0) is 23.8 Å². The van der Waals surface area contributed by atoms with Crippen LogP contribution >= 0.6 is 0 Å². The molecule has 0 unspecified atom stereocenters. The maximum atomic E-state index is 11.4. The fourth-order valence-electron chi connectivity index (χ4n) is 2.08. The highest BCUT2D eigenvalue weighted by Crippen LogP contribution is 2.16. The van der Waals surface area contributed by atoms with Crippen LogP contribution in [0.5, 0.6) is 0 Å². The summed E-state index contributed by atoms with van der Waals surface area (Å²) >= 11 is 0. The second-order valence-electron chi connectivity index (χ2n) is 4.88. The average molecular weight is 298 g/mol. The van der Waals surface area contributed by atoms with Crippen LogP contribution in [0.15, 0.2) is 79.3 Å². The quantitative estimate of drug-likeness (QED) is 0.414. The van der Waals surface area contributed by atoms with Gasteiger partial charge < -0.3 is 5.21 Å². The Bertz CT molecular complexity index is 876. The third kappa shape index (κ3) is 4.05. The molecule has 3 rings (SSSR count). The van der Waals surface area contributed by atoms with Gasteiger partial charge in [0.25, 0.3) is 0 Å². The van der Waals surface area contributed by atoms with Crippen LogP contribution in [0.4, 0.5) is 0 Å². The summed E-state index contributed by atoms with van der Waals surface area (Å²) < 4.78 is 0.728. The Morgan fingerprint density at radius 3 is 2.39 bits per heavy atom. The minimum atomic E-state index is 0.573. The van der Waals surface area contributed by atoms with Gasteiger partial charge in [0.15, 0.2) is 6.20 Å². The molecule has 3 heteroatoms. The van der Waals surface area contributed by atoms with Crippen molar-refractivity contribution in [3.63, 3.8) is 0 Å². The van der Waals surface area contributed by atoms with E-state index < -0.39 is 0 Å². The van der Waals surface area contributed by atoms with Crippen LogP contribution in [0.2, 0.25) is 0 Å². The van der Waals surface area contributed by atoms with Gasteiger partial charge in [0.05, 0.1) is 6.20 Å². The van der Waals surface area contributed by atoms with Crippen molar-refractivity contribution >= 4 is 11.6 Å². The molecule has 0 fully saturated rings. The number of rotatable bonds is 2. The first-order valence-corrected chi connectivity index (χ1v) is 7.20. The molecule has 1 aromatic heterocycles. The van der Waals surface area contributed by atoms with Crippen molar-refractivity contribution in [3.05, 3.63) is 101 Å². The topological polar surface area (TPSA) is 39.8 Å². The lowest BCUT2D eigenvalue weighted by Crippen LogP contribution is -2.24. The summed E-state index contributed by atoms with van der Waals surface area (Å²) in [5.41, 5.74) is 3.31. The first-order valence-electron chi connectivity index (χ1n) is 7.20. The smallest absolute Gasteiger partial charge is 0.206 e. The zero-order chi connectivity index (χ0) is 15.9. The molecule has 0 radical (unpaired) electrons. The van der Waals surface area contributed by atoms with Gasteiger partial charge in [-0.2, -0.15) is 4.73 Å². The number of hydrogen-bond acceptors (Lipinski definition) is 2. The van der Waals surface area contributed by atoms with Crippen molar-refractivity contribution in [2.75, 3.05) is 0 Å². The Kier molecular flexibility index (Phi) is 4.47. The molecule has 0 saturated heterocycles. The van der Waals surface area contributed by atoms with Crippen molar-refractivity contribution in [3.8, 4) is 11.8 Å². The van der Waals surface area contributed by atoms with Crippen molar-refractivity contribution in [2.24, 2.45) is 0 Å². The first kappa shape index (κ1) is 14.6. The van der Waals surface area contributed by atoms with Gasteiger partial charge >= 0.3 is 0 Å². The van der Waals surface area contributed by atoms with E-state index >= 15 is 0 Å². The summed E-state index contributed by atoms with van der Waals surface area (Å²) in [5.74, 6) is 6.33. The maximum absolute atomic E-state index is 11.4. The Morgan fingerprint density at radius 2 is 1.70 bits per heavy atom. The Hall–Kier alpha value is -3.38. The molecule has 0 aliphatic heterocycles. The zero-order valence-electron chi connectivity index (χ0n) is 12.4. The molecule has 3 nitrogen and oxygen atoms in total. The zero-order valence-corrected chi connectivity index (χ0v) is 12.4. The third-order valence-corrected chi connectivity index (χ3v) is 3.19. The first-order chi connectivity index (χ1) is 11.3. The lowest BCUT2D eigenvalue weighted by molar-refractivity contribution is -0.606. The summed E-state index contributed by atoms with van der Waals surface area (Å²) in [6, 6.07) is 19.6. The van der Waals surface area contributed by atoms with Crippen molar-refractivity contribution < 1.29 is 4.73 Å². The van der Waals surface area contributed by atoms with E-state index in [1.165, 1.54) is 18.6 Å². The Labute approximate surface area is 135 Å². The molecule has 0 saturated carbocycles. The number of allylic oxidation sites excluding steroid dienone is 1. The van der Waals surface area contributed by atoms with Gasteiger partial charge in [-0.1, -0.05) is 60.4 Å². The normalized spacial score (nSPS) is 10.7. The van der Waals surface area contributed by atoms with Gasteiger partial charge in [0.1, 0.15) is 5.69 Å². The van der Waals surface area contributed by atoms with Crippen LogP contribution in [0.3, 0.4) is 0 Å². The fraction of sp³-hybridized carbons (Fsp3) is 0. The standard InChI is InChI=1S/C20H14N2O/c23-22-14-13-21-20(16-22)15-19(18-9-5-2-6-10-18)12-11-17-7-3-1-4-8-17/h1-10,13-16H/b19-15-. The van der Waals surface area contributed by atoms with Crippen molar-refractivity contribution in [2.45, 2.75) is 0 Å². The van der Waals surface area contributed by atoms with E-state index in [9.17, 15) is 5.21 Å². The van der Waals surface area contributed by atoms with Gasteiger partial charge in [-0.3, -0.25) is 0 Å². The highest BCUT2D eigenvalue weighted by molar-refractivity contribution is 5.90. The molecule has 0 N–H and O–H groups in total. The molecule has 0 bridgehead atoms. The number of hydrogen-bond donors (Lipinski definition) is 0. The molecule has 0 amide bonds. The monoisotopic (exact) mass is 298 g/mol. The predicted molar refractivity (Wildman–Crippen MR) is 90.8 cm³/mol. The average Bonchev–Trinajstić information content (AvgIpc) is 2.60. The molecule has 0 atom stereocenters. The Morgan fingerprint density at radius 1 is 1.00 bits per heavy atom. The lowest BCUT2D eigenvalue weighted by atomic mass is 10.0. The molecule has 1 heterocycles. The lowest BCUT2D eigenvalue weighted by Gasteiger charge is -2.01. The molecule has 110 valence electrons. The van der Waals surface area contributed by atoms with Crippen LogP contribution in [0.1, 0.15) is 16.8 Å². The van der Waals surface area contributed by atoms with Crippen LogP contribution < -0.4 is 4.73 Å². The van der Waals surface area contributed by atoms with E-state index in [1.807, 2.05) is 66.7 Å². The molecular formula is C20H14N2O. The van der Waals surface area contributed by atoms with Gasteiger partial charge in [-0.25, -0.2) is 4.98 Å². The highest BCUT2D eigenvalue weighted by Gasteiger charge is 2.01. The van der Waals surface area contributed by atoms with Crippen LogP contribution in [0, 0.1) is 17.0 Å². The fourth-order valence-corrected chi connectivity index (χ4v) is 2.08. The summed E-state index contributed by atoms with van der Waals surface area (Å²) in [6.07, 6.45) is 6.08. The van der Waals surface area contributed by atoms with E-state index in [0.29, 0.717) is 5.69 Å². The van der Waals surface area contributed by atoms with E-state index in [4.69, 9.17) is 0 Å². The molecule has 2 aromatic carbocycles. The van der Waals surface area contributed by atoms with Gasteiger partial charge in [0.2, 0.25) is 6.20 Å². The van der Waals surface area contributed by atoms with Crippen molar-refractivity contribution in [1.29, 1.82) is 0 Å². The molecule has 3 aromatic rings. The highest BCUT2D eigenvalue weighted by atomic mass is 16.5. The van der Waals surface area contributed by atoms with E-state index in [0.717, 1.165) is 21.4 Å². The molecule has 0 aliphatic carbocycles. The summed E-state index contributed by atoms with van der Waals surface area (Å²) in [4.78, 5) is 4.19. The number of nitrogens with zero attached hydrogens (tertiary/aromatic N) is 2.